The average Bonchev–Trinajstić information content (AvgIpc) is 2.98. The van der Waals surface area contributed by atoms with Crippen LogP contribution in [0.1, 0.15) is 0 Å². The topological polar surface area (TPSA) is 77.2 Å². The number of morpholine rings is 1. The fourth-order valence-electron chi connectivity index (χ4n) is 2.50. The maximum atomic E-state index is 13.0. The zero-order chi connectivity index (χ0) is 15.8. The van der Waals surface area contributed by atoms with Gasteiger partial charge in [-0.15, -0.1) is 0 Å². The van der Waals surface area contributed by atoms with E-state index in [-0.39, 0.29) is 0 Å². The van der Waals surface area contributed by atoms with Crippen LogP contribution >= 0.6 is 11.3 Å². The minimum Gasteiger partial charge on any atom is -0.397 e. The van der Waals surface area contributed by atoms with Gasteiger partial charge in [0.25, 0.3) is 0 Å². The van der Waals surface area contributed by atoms with Gasteiger partial charge in [-0.25, -0.2) is 9.97 Å². The van der Waals surface area contributed by atoms with Crippen molar-refractivity contribution in [3.63, 3.8) is 0 Å². The molecule has 0 unspecified atom stereocenters. The van der Waals surface area contributed by atoms with Crippen LogP contribution in [-0.2, 0) is 4.74 Å². The molecule has 0 saturated carbocycles. The quantitative estimate of drug-likeness (QED) is 0.726. The summed E-state index contributed by atoms with van der Waals surface area (Å²) < 4.78 is 19.3. The number of fused-ring (bicyclic) bond motifs is 1. The highest BCUT2D eigenvalue weighted by molar-refractivity contribution is 7.22. The summed E-state index contributed by atoms with van der Waals surface area (Å²) in [5, 5.41) is 0.921. The second kappa shape index (κ2) is 5.71. The lowest BCUT2D eigenvalue weighted by Gasteiger charge is -2.25. The second-order valence-electron chi connectivity index (χ2n) is 5.21. The van der Waals surface area contributed by atoms with Gasteiger partial charge in [0, 0.05) is 24.8 Å². The number of nitrogen functional groups attached to an aromatic ring is 1. The molecule has 3 aromatic heterocycles. The molecule has 8 heteroatoms. The van der Waals surface area contributed by atoms with Crippen LogP contribution in [0, 0.1) is 5.95 Å². The Kier molecular flexibility index (Phi) is 3.55. The van der Waals surface area contributed by atoms with E-state index in [0.29, 0.717) is 35.8 Å². The van der Waals surface area contributed by atoms with E-state index in [4.69, 9.17) is 10.5 Å². The molecule has 6 nitrogen and oxygen atoms in total. The Hall–Kier alpha value is -2.32. The van der Waals surface area contributed by atoms with Gasteiger partial charge in [-0.3, -0.25) is 0 Å². The van der Waals surface area contributed by atoms with Crippen molar-refractivity contribution in [3.05, 3.63) is 30.3 Å². The Bertz CT molecular complexity index is 845. The van der Waals surface area contributed by atoms with Gasteiger partial charge in [0.05, 0.1) is 29.3 Å². The highest BCUT2D eigenvalue weighted by Gasteiger charge is 2.17. The van der Waals surface area contributed by atoms with Crippen molar-refractivity contribution in [3.8, 4) is 11.3 Å². The number of anilines is 2. The highest BCUT2D eigenvalue weighted by atomic mass is 32.1. The van der Waals surface area contributed by atoms with E-state index in [1.807, 2.05) is 6.07 Å². The third-order valence-electron chi connectivity index (χ3n) is 3.68. The van der Waals surface area contributed by atoms with Crippen LogP contribution in [-0.4, -0.2) is 41.3 Å². The molecule has 0 aromatic carbocycles. The van der Waals surface area contributed by atoms with Crippen molar-refractivity contribution in [1.29, 1.82) is 0 Å². The summed E-state index contributed by atoms with van der Waals surface area (Å²) in [7, 11) is 0. The molecule has 4 heterocycles. The first-order valence-electron chi connectivity index (χ1n) is 7.22. The number of rotatable bonds is 2. The minimum absolute atomic E-state index is 0.531. The summed E-state index contributed by atoms with van der Waals surface area (Å²) in [6, 6.07) is 4.77. The van der Waals surface area contributed by atoms with Gasteiger partial charge >= 0.3 is 0 Å². The largest absolute Gasteiger partial charge is 0.397 e. The van der Waals surface area contributed by atoms with Crippen molar-refractivity contribution in [1.82, 2.24) is 15.0 Å². The van der Waals surface area contributed by atoms with Gasteiger partial charge in [0.1, 0.15) is 0 Å². The van der Waals surface area contributed by atoms with Gasteiger partial charge in [-0.05, 0) is 18.2 Å². The normalized spacial score (nSPS) is 15.3. The molecule has 0 spiro atoms. The number of nitrogens with zero attached hydrogens (tertiary/aromatic N) is 4. The van der Waals surface area contributed by atoms with E-state index in [9.17, 15) is 4.39 Å². The maximum absolute atomic E-state index is 13.0. The molecule has 1 fully saturated rings. The second-order valence-corrected chi connectivity index (χ2v) is 6.22. The maximum Gasteiger partial charge on any atom is 0.212 e. The summed E-state index contributed by atoms with van der Waals surface area (Å²) in [6.45, 7) is 3.06. The molecular weight excluding hydrogens is 317 g/mol. The van der Waals surface area contributed by atoms with E-state index in [2.05, 4.69) is 19.9 Å². The van der Waals surface area contributed by atoms with E-state index in [1.54, 1.807) is 17.4 Å². The molecule has 118 valence electrons. The third-order valence-corrected chi connectivity index (χ3v) is 4.74. The fraction of sp³-hybridized carbons (Fsp3) is 0.267. The number of thiazole rings is 1. The predicted octanol–water partition coefficient (Wildman–Crippen LogP) is 2.31. The molecule has 4 rings (SSSR count). The zero-order valence-electron chi connectivity index (χ0n) is 12.2. The van der Waals surface area contributed by atoms with Gasteiger partial charge in [0.15, 0.2) is 10.8 Å². The number of aromatic nitrogens is 3. The molecule has 0 bridgehead atoms. The van der Waals surface area contributed by atoms with Crippen molar-refractivity contribution in [2.75, 3.05) is 36.9 Å². The molecule has 3 aromatic rings. The summed E-state index contributed by atoms with van der Waals surface area (Å²) in [6.07, 6.45) is 1.43. The molecule has 1 aliphatic heterocycles. The standard InChI is InChI=1S/C15H14FN5OS/c16-12-2-1-9(8-18-12)13-10(17)7-11-14(19-13)20-15(23-11)21-3-5-22-6-4-21/h1-2,7-8H,3-6,17H2. The molecule has 2 N–H and O–H groups in total. The van der Waals surface area contributed by atoms with E-state index < -0.39 is 5.95 Å². The summed E-state index contributed by atoms with van der Waals surface area (Å²) in [5.74, 6) is -0.531. The Morgan fingerprint density at radius 2 is 2.04 bits per heavy atom. The van der Waals surface area contributed by atoms with Crippen molar-refractivity contribution < 1.29 is 9.13 Å². The Morgan fingerprint density at radius 3 is 2.78 bits per heavy atom. The average molecular weight is 331 g/mol. The van der Waals surface area contributed by atoms with Gasteiger partial charge < -0.3 is 15.4 Å². The molecule has 1 aliphatic rings. The molecular formula is C15H14FN5OS. The van der Waals surface area contributed by atoms with Crippen LogP contribution < -0.4 is 10.6 Å². The van der Waals surface area contributed by atoms with Crippen molar-refractivity contribution in [2.45, 2.75) is 0 Å². The van der Waals surface area contributed by atoms with Gasteiger partial charge in [0.2, 0.25) is 5.95 Å². The summed E-state index contributed by atoms with van der Waals surface area (Å²) >= 11 is 1.57. The SMILES string of the molecule is Nc1cc2sc(N3CCOCC3)nc2nc1-c1ccc(F)nc1. The number of pyridine rings is 2. The monoisotopic (exact) mass is 331 g/mol. The van der Waals surface area contributed by atoms with E-state index in [1.165, 1.54) is 12.3 Å². The first kappa shape index (κ1) is 14.3. The third kappa shape index (κ3) is 2.71. The van der Waals surface area contributed by atoms with Gasteiger partial charge in [-0.1, -0.05) is 11.3 Å². The van der Waals surface area contributed by atoms with E-state index in [0.717, 1.165) is 22.9 Å². The number of halogens is 1. The van der Waals surface area contributed by atoms with Crippen LogP contribution in [0.4, 0.5) is 15.2 Å². The van der Waals surface area contributed by atoms with Crippen molar-refractivity contribution >= 4 is 32.5 Å². The van der Waals surface area contributed by atoms with Crippen LogP contribution in [0.15, 0.2) is 24.4 Å². The van der Waals surface area contributed by atoms with Crippen LogP contribution in [0.25, 0.3) is 21.6 Å². The summed E-state index contributed by atoms with van der Waals surface area (Å²) in [5.41, 5.74) is 8.53. The first-order chi connectivity index (χ1) is 11.2. The number of hydrogen-bond donors (Lipinski definition) is 1. The molecule has 1 saturated heterocycles. The van der Waals surface area contributed by atoms with Gasteiger partial charge in [-0.2, -0.15) is 9.37 Å². The summed E-state index contributed by atoms with van der Waals surface area (Å²) in [4.78, 5) is 15.0. The molecule has 0 atom stereocenters. The lowest BCUT2D eigenvalue weighted by atomic mass is 10.1. The molecule has 23 heavy (non-hydrogen) atoms. The lowest BCUT2D eigenvalue weighted by Crippen LogP contribution is -2.36. The number of ether oxygens (including phenoxy) is 1. The minimum atomic E-state index is -0.531. The first-order valence-corrected chi connectivity index (χ1v) is 8.04. The Balaban J connectivity index is 1.75. The molecule has 0 aliphatic carbocycles. The fourth-order valence-corrected chi connectivity index (χ4v) is 3.51. The number of hydrogen-bond acceptors (Lipinski definition) is 7. The lowest BCUT2D eigenvalue weighted by molar-refractivity contribution is 0.122. The number of nitrogens with two attached hydrogens (primary N) is 1. The Morgan fingerprint density at radius 1 is 1.22 bits per heavy atom. The van der Waals surface area contributed by atoms with Crippen LogP contribution in [0.5, 0.6) is 0 Å². The van der Waals surface area contributed by atoms with Crippen LogP contribution in [0.2, 0.25) is 0 Å². The van der Waals surface area contributed by atoms with Crippen molar-refractivity contribution in [2.24, 2.45) is 0 Å². The smallest absolute Gasteiger partial charge is 0.212 e. The molecule has 0 amide bonds. The van der Waals surface area contributed by atoms with Crippen LogP contribution in [0.3, 0.4) is 0 Å². The predicted molar refractivity (Wildman–Crippen MR) is 88.0 cm³/mol. The highest BCUT2D eigenvalue weighted by Crippen LogP contribution is 2.33. The Labute approximate surface area is 135 Å². The zero-order valence-corrected chi connectivity index (χ0v) is 13.0. The van der Waals surface area contributed by atoms with E-state index >= 15 is 0 Å². The molecule has 0 radical (unpaired) electrons.